The van der Waals surface area contributed by atoms with Crippen LogP contribution in [0.5, 0.6) is 0 Å². The number of nitrogens with zero attached hydrogens (tertiary/aromatic N) is 4. The standard InChI is InChI=1S/C23H29N5O4S/c1-15-5-7-18(8-6-15)21-11-23(32-26-21)24-22(29)13-27(4)12-20-16(2)25-28(17(20)3)19-9-10-33(30,31)14-19/h5-8,11,19H,9-10,12-14H2,1-4H3,(H,24,29)/t19-/m1/s1. The Morgan fingerprint density at radius 1 is 1.24 bits per heavy atom. The van der Waals surface area contributed by atoms with Crippen LogP contribution in [-0.4, -0.2) is 59.3 Å². The lowest BCUT2D eigenvalue weighted by molar-refractivity contribution is -0.117. The first-order chi connectivity index (χ1) is 15.6. The summed E-state index contributed by atoms with van der Waals surface area (Å²) in [6.07, 6.45) is 0.587. The zero-order chi connectivity index (χ0) is 23.8. The van der Waals surface area contributed by atoms with Gasteiger partial charge in [0.25, 0.3) is 0 Å². The van der Waals surface area contributed by atoms with Crippen molar-refractivity contribution in [2.45, 2.75) is 39.8 Å². The van der Waals surface area contributed by atoms with Gasteiger partial charge < -0.3 is 4.52 Å². The number of carbonyl (C=O) groups is 1. The zero-order valence-corrected chi connectivity index (χ0v) is 20.1. The molecule has 1 aromatic carbocycles. The van der Waals surface area contributed by atoms with E-state index in [0.29, 0.717) is 24.5 Å². The van der Waals surface area contributed by atoms with Gasteiger partial charge >= 0.3 is 0 Å². The van der Waals surface area contributed by atoms with Crippen molar-refractivity contribution in [2.24, 2.45) is 0 Å². The van der Waals surface area contributed by atoms with E-state index >= 15 is 0 Å². The average molecular weight is 472 g/mol. The van der Waals surface area contributed by atoms with Gasteiger partial charge in [-0.1, -0.05) is 35.0 Å². The number of sulfone groups is 1. The second kappa shape index (κ2) is 9.11. The fourth-order valence-electron chi connectivity index (χ4n) is 4.19. The van der Waals surface area contributed by atoms with Gasteiger partial charge in [-0.25, -0.2) is 8.42 Å². The molecule has 176 valence electrons. The van der Waals surface area contributed by atoms with E-state index in [1.165, 1.54) is 0 Å². The lowest BCUT2D eigenvalue weighted by Gasteiger charge is -2.17. The normalized spacial score (nSPS) is 17.5. The summed E-state index contributed by atoms with van der Waals surface area (Å²) in [7, 11) is -1.13. The molecule has 0 bridgehead atoms. The second-order valence-electron chi connectivity index (χ2n) is 8.81. The summed E-state index contributed by atoms with van der Waals surface area (Å²) in [4.78, 5) is 14.4. The number of anilines is 1. The largest absolute Gasteiger partial charge is 0.338 e. The lowest BCUT2D eigenvalue weighted by Crippen LogP contribution is -2.30. The van der Waals surface area contributed by atoms with Gasteiger partial charge in [0.2, 0.25) is 11.8 Å². The molecule has 1 saturated heterocycles. The molecule has 0 spiro atoms. The third kappa shape index (κ3) is 5.33. The van der Waals surface area contributed by atoms with E-state index in [2.05, 4.69) is 15.6 Å². The fourth-order valence-corrected chi connectivity index (χ4v) is 5.88. The molecule has 2 aromatic heterocycles. The van der Waals surface area contributed by atoms with Crippen molar-refractivity contribution in [3.8, 4) is 11.3 Å². The van der Waals surface area contributed by atoms with Gasteiger partial charge in [-0.2, -0.15) is 5.10 Å². The Bertz CT molecular complexity index is 1260. The molecule has 33 heavy (non-hydrogen) atoms. The molecule has 0 unspecified atom stereocenters. The van der Waals surface area contributed by atoms with Gasteiger partial charge in [0.15, 0.2) is 9.84 Å². The highest BCUT2D eigenvalue weighted by molar-refractivity contribution is 7.91. The van der Waals surface area contributed by atoms with Crippen molar-refractivity contribution in [1.82, 2.24) is 19.8 Å². The Labute approximate surface area is 193 Å². The maximum Gasteiger partial charge on any atom is 0.240 e. The summed E-state index contributed by atoms with van der Waals surface area (Å²) in [6.45, 7) is 6.56. The number of aryl methyl sites for hydroxylation is 2. The fraction of sp³-hybridized carbons (Fsp3) is 0.435. The molecule has 1 aliphatic heterocycles. The van der Waals surface area contributed by atoms with Crippen LogP contribution in [0.4, 0.5) is 5.88 Å². The Kier molecular flexibility index (Phi) is 6.40. The number of aromatic nitrogens is 3. The highest BCUT2D eigenvalue weighted by atomic mass is 32.2. The topological polar surface area (TPSA) is 110 Å². The quantitative estimate of drug-likeness (QED) is 0.564. The maximum atomic E-state index is 12.5. The molecular formula is C23H29N5O4S. The van der Waals surface area contributed by atoms with Crippen molar-refractivity contribution in [1.29, 1.82) is 0 Å². The minimum Gasteiger partial charge on any atom is -0.338 e. The molecule has 1 atom stereocenters. The van der Waals surface area contributed by atoms with Crippen LogP contribution in [0.1, 0.15) is 35.0 Å². The summed E-state index contributed by atoms with van der Waals surface area (Å²) in [6, 6.07) is 9.49. The van der Waals surface area contributed by atoms with E-state index < -0.39 is 9.84 Å². The second-order valence-corrected chi connectivity index (χ2v) is 11.0. The molecule has 10 heteroatoms. The van der Waals surface area contributed by atoms with E-state index in [0.717, 1.165) is 28.1 Å². The molecule has 0 saturated carbocycles. The summed E-state index contributed by atoms with van der Waals surface area (Å²) >= 11 is 0. The molecule has 0 aliphatic carbocycles. The maximum absolute atomic E-state index is 12.5. The minimum atomic E-state index is -2.99. The van der Waals surface area contributed by atoms with E-state index in [1.54, 1.807) is 6.07 Å². The molecule has 1 amide bonds. The van der Waals surface area contributed by atoms with Crippen LogP contribution in [0.25, 0.3) is 11.3 Å². The molecule has 1 fully saturated rings. The van der Waals surface area contributed by atoms with Crippen molar-refractivity contribution >= 4 is 21.6 Å². The highest BCUT2D eigenvalue weighted by Crippen LogP contribution is 2.27. The van der Waals surface area contributed by atoms with Gasteiger partial charge in [-0.15, -0.1) is 0 Å². The van der Waals surface area contributed by atoms with Crippen LogP contribution in [0.2, 0.25) is 0 Å². The van der Waals surface area contributed by atoms with Crippen molar-refractivity contribution in [2.75, 3.05) is 30.4 Å². The Morgan fingerprint density at radius 2 is 1.97 bits per heavy atom. The Morgan fingerprint density at radius 3 is 2.64 bits per heavy atom. The number of amides is 1. The number of rotatable bonds is 7. The first-order valence-electron chi connectivity index (χ1n) is 10.9. The number of benzene rings is 1. The first kappa shape index (κ1) is 23.2. The highest BCUT2D eigenvalue weighted by Gasteiger charge is 2.31. The number of hydrogen-bond acceptors (Lipinski definition) is 7. The molecule has 1 aliphatic rings. The predicted molar refractivity (Wildman–Crippen MR) is 126 cm³/mol. The van der Waals surface area contributed by atoms with Gasteiger partial charge in [0.05, 0.1) is 29.8 Å². The minimum absolute atomic E-state index is 0.120. The number of hydrogen-bond donors (Lipinski definition) is 1. The molecule has 1 N–H and O–H groups in total. The Hall–Kier alpha value is -2.98. The smallest absolute Gasteiger partial charge is 0.240 e. The molecule has 3 aromatic rings. The van der Waals surface area contributed by atoms with Crippen LogP contribution >= 0.6 is 0 Å². The van der Waals surface area contributed by atoms with E-state index in [4.69, 9.17) is 4.52 Å². The first-order valence-corrected chi connectivity index (χ1v) is 12.7. The SMILES string of the molecule is Cc1ccc(-c2cc(NC(=O)CN(C)Cc3c(C)nn([C@@H]4CCS(=O)(=O)C4)c3C)on2)cc1. The number of nitrogens with one attached hydrogen (secondary N) is 1. The summed E-state index contributed by atoms with van der Waals surface area (Å²) in [5.74, 6) is 0.424. The van der Waals surface area contributed by atoms with Crippen molar-refractivity contribution in [3.63, 3.8) is 0 Å². The van der Waals surface area contributed by atoms with Crippen LogP contribution in [0, 0.1) is 20.8 Å². The number of likely N-dealkylation sites (N-methyl/N-ethyl adjacent to an activating group) is 1. The van der Waals surface area contributed by atoms with Gasteiger partial charge in [-0.3, -0.25) is 19.7 Å². The molecule has 9 nitrogen and oxygen atoms in total. The number of carbonyl (C=O) groups excluding carboxylic acids is 1. The Balaban J connectivity index is 1.36. The van der Waals surface area contributed by atoms with Gasteiger partial charge in [-0.05, 0) is 34.2 Å². The van der Waals surface area contributed by atoms with Crippen LogP contribution in [0.3, 0.4) is 0 Å². The van der Waals surface area contributed by atoms with Crippen LogP contribution in [-0.2, 0) is 21.2 Å². The lowest BCUT2D eigenvalue weighted by atomic mass is 10.1. The average Bonchev–Trinajstić information content (AvgIpc) is 3.42. The van der Waals surface area contributed by atoms with Crippen LogP contribution < -0.4 is 5.32 Å². The predicted octanol–water partition coefficient (Wildman–Crippen LogP) is 2.89. The van der Waals surface area contributed by atoms with Crippen molar-refractivity contribution < 1.29 is 17.7 Å². The molecule has 0 radical (unpaired) electrons. The summed E-state index contributed by atoms with van der Waals surface area (Å²) < 4.78 is 30.8. The third-order valence-electron chi connectivity index (χ3n) is 5.99. The van der Waals surface area contributed by atoms with E-state index in [9.17, 15) is 13.2 Å². The van der Waals surface area contributed by atoms with E-state index in [1.807, 2.05) is 61.7 Å². The van der Waals surface area contributed by atoms with E-state index in [-0.39, 0.29) is 30.0 Å². The summed E-state index contributed by atoms with van der Waals surface area (Å²) in [5.41, 5.74) is 5.53. The van der Waals surface area contributed by atoms with Crippen LogP contribution in [0.15, 0.2) is 34.9 Å². The molecular weight excluding hydrogens is 442 g/mol. The third-order valence-corrected chi connectivity index (χ3v) is 7.74. The van der Waals surface area contributed by atoms with Gasteiger partial charge in [0, 0.05) is 29.4 Å². The monoisotopic (exact) mass is 471 g/mol. The van der Waals surface area contributed by atoms with Gasteiger partial charge in [0.1, 0.15) is 5.69 Å². The van der Waals surface area contributed by atoms with Crippen molar-refractivity contribution in [3.05, 3.63) is 52.8 Å². The molecule has 4 rings (SSSR count). The molecule has 3 heterocycles. The summed E-state index contributed by atoms with van der Waals surface area (Å²) in [5, 5.41) is 11.4. The zero-order valence-electron chi connectivity index (χ0n) is 19.3.